The standard InChI is InChI=1S/C16H32N2/c1-13(2)7-5-6-10-17-12-15-11-14-8-3-4-9-16(14)18-15/h13-18H,3-12H2,1-2H3. The average Bonchev–Trinajstić information content (AvgIpc) is 2.75. The lowest BCUT2D eigenvalue weighted by molar-refractivity contribution is 0.325. The van der Waals surface area contributed by atoms with Gasteiger partial charge in [-0.25, -0.2) is 0 Å². The van der Waals surface area contributed by atoms with Gasteiger partial charge < -0.3 is 10.6 Å². The molecule has 1 saturated heterocycles. The molecule has 3 unspecified atom stereocenters. The summed E-state index contributed by atoms with van der Waals surface area (Å²) in [6.07, 6.45) is 11.3. The van der Waals surface area contributed by atoms with Crippen LogP contribution in [0.15, 0.2) is 0 Å². The van der Waals surface area contributed by atoms with E-state index in [9.17, 15) is 0 Å². The first-order chi connectivity index (χ1) is 8.75. The Kier molecular flexibility index (Phi) is 5.97. The van der Waals surface area contributed by atoms with E-state index in [1.807, 2.05) is 0 Å². The third-order valence-corrected chi connectivity index (χ3v) is 4.72. The molecule has 2 nitrogen and oxygen atoms in total. The summed E-state index contributed by atoms with van der Waals surface area (Å²) in [7, 11) is 0. The van der Waals surface area contributed by atoms with Crippen molar-refractivity contribution < 1.29 is 0 Å². The predicted molar refractivity (Wildman–Crippen MR) is 78.8 cm³/mol. The van der Waals surface area contributed by atoms with Gasteiger partial charge in [-0.1, -0.05) is 39.5 Å². The Morgan fingerprint density at radius 3 is 2.78 bits per heavy atom. The molecule has 1 aliphatic carbocycles. The Labute approximate surface area is 113 Å². The lowest BCUT2D eigenvalue weighted by Gasteiger charge is -2.24. The summed E-state index contributed by atoms with van der Waals surface area (Å²) < 4.78 is 0. The topological polar surface area (TPSA) is 24.1 Å². The zero-order chi connectivity index (χ0) is 12.8. The molecule has 3 atom stereocenters. The van der Waals surface area contributed by atoms with Crippen molar-refractivity contribution in [2.24, 2.45) is 11.8 Å². The van der Waals surface area contributed by atoms with Crippen LogP contribution in [0.1, 0.15) is 65.2 Å². The lowest BCUT2D eigenvalue weighted by Crippen LogP contribution is -2.38. The summed E-state index contributed by atoms with van der Waals surface area (Å²) in [6.45, 7) is 7.03. The Morgan fingerprint density at radius 1 is 1.17 bits per heavy atom. The number of fused-ring (bicyclic) bond motifs is 1. The van der Waals surface area contributed by atoms with Gasteiger partial charge in [0.05, 0.1) is 0 Å². The number of unbranched alkanes of at least 4 members (excludes halogenated alkanes) is 1. The highest BCUT2D eigenvalue weighted by Gasteiger charge is 2.34. The SMILES string of the molecule is CC(C)CCCCNCC1CC2CCCCC2N1. The van der Waals surface area contributed by atoms with Crippen LogP contribution >= 0.6 is 0 Å². The molecule has 0 aromatic carbocycles. The molecule has 0 aromatic rings. The van der Waals surface area contributed by atoms with Gasteiger partial charge in [0.2, 0.25) is 0 Å². The highest BCUT2D eigenvalue weighted by atomic mass is 15.0. The van der Waals surface area contributed by atoms with E-state index in [0.717, 1.165) is 23.9 Å². The maximum absolute atomic E-state index is 3.84. The van der Waals surface area contributed by atoms with Crippen LogP contribution in [-0.4, -0.2) is 25.2 Å². The quantitative estimate of drug-likeness (QED) is 0.679. The van der Waals surface area contributed by atoms with E-state index in [2.05, 4.69) is 24.5 Å². The van der Waals surface area contributed by atoms with E-state index in [-0.39, 0.29) is 0 Å². The van der Waals surface area contributed by atoms with Crippen molar-refractivity contribution in [3.05, 3.63) is 0 Å². The predicted octanol–water partition coefficient (Wildman–Crippen LogP) is 3.32. The highest BCUT2D eigenvalue weighted by Crippen LogP contribution is 2.32. The second-order valence-corrected chi connectivity index (χ2v) is 6.84. The summed E-state index contributed by atoms with van der Waals surface area (Å²) in [4.78, 5) is 0. The number of hydrogen-bond donors (Lipinski definition) is 2. The molecule has 0 aromatic heterocycles. The maximum Gasteiger partial charge on any atom is 0.0198 e. The van der Waals surface area contributed by atoms with Crippen LogP contribution in [0.2, 0.25) is 0 Å². The number of nitrogens with one attached hydrogen (secondary N) is 2. The van der Waals surface area contributed by atoms with Gasteiger partial charge in [0, 0.05) is 18.6 Å². The fourth-order valence-electron chi connectivity index (χ4n) is 3.67. The Hall–Kier alpha value is -0.0800. The fourth-order valence-corrected chi connectivity index (χ4v) is 3.67. The van der Waals surface area contributed by atoms with Crippen LogP contribution in [0, 0.1) is 11.8 Å². The second-order valence-electron chi connectivity index (χ2n) is 6.84. The summed E-state index contributed by atoms with van der Waals surface area (Å²) >= 11 is 0. The molecule has 0 amide bonds. The minimum Gasteiger partial charge on any atom is -0.315 e. The van der Waals surface area contributed by atoms with Gasteiger partial charge in [0.1, 0.15) is 0 Å². The lowest BCUT2D eigenvalue weighted by atomic mass is 9.85. The van der Waals surface area contributed by atoms with Crippen molar-refractivity contribution in [1.29, 1.82) is 0 Å². The molecule has 1 aliphatic heterocycles. The normalized spacial score (nSPS) is 31.8. The van der Waals surface area contributed by atoms with Gasteiger partial charge in [-0.2, -0.15) is 0 Å². The molecular weight excluding hydrogens is 220 g/mol. The van der Waals surface area contributed by atoms with Crippen molar-refractivity contribution in [2.75, 3.05) is 13.1 Å². The average molecular weight is 252 g/mol. The second kappa shape index (κ2) is 7.49. The van der Waals surface area contributed by atoms with E-state index in [1.165, 1.54) is 64.5 Å². The fraction of sp³-hybridized carbons (Fsp3) is 1.00. The molecule has 2 fully saturated rings. The van der Waals surface area contributed by atoms with E-state index in [1.54, 1.807) is 0 Å². The zero-order valence-electron chi connectivity index (χ0n) is 12.4. The Balaban J connectivity index is 1.50. The molecule has 2 N–H and O–H groups in total. The minimum absolute atomic E-state index is 0.753. The summed E-state index contributed by atoms with van der Waals surface area (Å²) in [5.74, 6) is 1.86. The molecule has 106 valence electrons. The summed E-state index contributed by atoms with van der Waals surface area (Å²) in [6, 6.07) is 1.61. The van der Waals surface area contributed by atoms with E-state index >= 15 is 0 Å². The third kappa shape index (κ3) is 4.55. The highest BCUT2D eigenvalue weighted by molar-refractivity contribution is 4.93. The summed E-state index contributed by atoms with van der Waals surface area (Å²) in [5.41, 5.74) is 0. The molecule has 1 heterocycles. The molecule has 0 spiro atoms. The Morgan fingerprint density at radius 2 is 2.00 bits per heavy atom. The van der Waals surface area contributed by atoms with E-state index in [0.29, 0.717) is 0 Å². The van der Waals surface area contributed by atoms with Crippen LogP contribution in [0.25, 0.3) is 0 Å². The Bertz CT molecular complexity index is 213. The monoisotopic (exact) mass is 252 g/mol. The first-order valence-electron chi connectivity index (χ1n) is 8.22. The van der Waals surface area contributed by atoms with Crippen LogP contribution < -0.4 is 10.6 Å². The largest absolute Gasteiger partial charge is 0.315 e. The van der Waals surface area contributed by atoms with Crippen LogP contribution in [0.4, 0.5) is 0 Å². The van der Waals surface area contributed by atoms with Gasteiger partial charge in [-0.15, -0.1) is 0 Å². The van der Waals surface area contributed by atoms with Crippen LogP contribution in [0.5, 0.6) is 0 Å². The third-order valence-electron chi connectivity index (χ3n) is 4.72. The summed E-state index contributed by atoms with van der Waals surface area (Å²) in [5, 5.41) is 7.49. The van der Waals surface area contributed by atoms with E-state index in [4.69, 9.17) is 0 Å². The van der Waals surface area contributed by atoms with Crippen molar-refractivity contribution in [3.63, 3.8) is 0 Å². The van der Waals surface area contributed by atoms with Crippen molar-refractivity contribution >= 4 is 0 Å². The van der Waals surface area contributed by atoms with E-state index < -0.39 is 0 Å². The van der Waals surface area contributed by atoms with Crippen molar-refractivity contribution in [3.8, 4) is 0 Å². The number of rotatable bonds is 7. The van der Waals surface area contributed by atoms with Gasteiger partial charge in [0.25, 0.3) is 0 Å². The zero-order valence-corrected chi connectivity index (χ0v) is 12.4. The minimum atomic E-state index is 0.753. The van der Waals surface area contributed by atoms with Gasteiger partial charge in [-0.05, 0) is 44.1 Å². The van der Waals surface area contributed by atoms with Crippen molar-refractivity contribution in [2.45, 2.75) is 77.3 Å². The molecule has 0 radical (unpaired) electrons. The molecule has 0 bridgehead atoms. The van der Waals surface area contributed by atoms with Crippen molar-refractivity contribution in [1.82, 2.24) is 10.6 Å². The van der Waals surface area contributed by atoms with Crippen LogP contribution in [0.3, 0.4) is 0 Å². The molecule has 18 heavy (non-hydrogen) atoms. The first-order valence-corrected chi connectivity index (χ1v) is 8.22. The van der Waals surface area contributed by atoms with Gasteiger partial charge in [-0.3, -0.25) is 0 Å². The number of hydrogen-bond acceptors (Lipinski definition) is 2. The smallest absolute Gasteiger partial charge is 0.0198 e. The molecule has 1 saturated carbocycles. The molecule has 2 heteroatoms. The molecular formula is C16H32N2. The maximum atomic E-state index is 3.84. The van der Waals surface area contributed by atoms with Gasteiger partial charge in [0.15, 0.2) is 0 Å². The van der Waals surface area contributed by atoms with Crippen LogP contribution in [-0.2, 0) is 0 Å². The first kappa shape index (κ1) is 14.3. The molecule has 2 aliphatic rings. The van der Waals surface area contributed by atoms with Gasteiger partial charge >= 0.3 is 0 Å². The molecule has 2 rings (SSSR count).